The largest absolute Gasteiger partial charge is 0.390 e. The number of aliphatic hydroxyl groups excluding tert-OH is 1. The number of hydrogen-bond donors (Lipinski definition) is 2. The SMILES string of the molecule is CN(Cc1cscn1)C1CNCC1O. The normalized spacial score (nSPS) is 27.4. The number of aromatic nitrogens is 1. The molecule has 0 amide bonds. The summed E-state index contributed by atoms with van der Waals surface area (Å²) in [6, 6.07) is 0.219. The van der Waals surface area contributed by atoms with Gasteiger partial charge in [-0.2, -0.15) is 0 Å². The van der Waals surface area contributed by atoms with Crippen LogP contribution in [0.4, 0.5) is 0 Å². The van der Waals surface area contributed by atoms with Crippen LogP contribution < -0.4 is 5.32 Å². The van der Waals surface area contributed by atoms with Crippen LogP contribution in [0.5, 0.6) is 0 Å². The van der Waals surface area contributed by atoms with E-state index in [2.05, 4.69) is 15.2 Å². The maximum Gasteiger partial charge on any atom is 0.0831 e. The molecule has 1 saturated heterocycles. The van der Waals surface area contributed by atoms with Gasteiger partial charge in [0.05, 0.1) is 17.3 Å². The highest BCUT2D eigenvalue weighted by molar-refractivity contribution is 7.07. The fraction of sp³-hybridized carbons (Fsp3) is 0.667. The lowest BCUT2D eigenvalue weighted by atomic mass is 10.2. The van der Waals surface area contributed by atoms with Gasteiger partial charge in [0.15, 0.2) is 0 Å². The molecule has 1 aliphatic rings. The van der Waals surface area contributed by atoms with E-state index in [1.54, 1.807) is 11.3 Å². The zero-order valence-electron chi connectivity index (χ0n) is 8.18. The highest BCUT2D eigenvalue weighted by atomic mass is 32.1. The van der Waals surface area contributed by atoms with E-state index in [4.69, 9.17) is 0 Å². The standard InChI is InChI=1S/C9H15N3OS/c1-12(4-7-5-14-6-11-7)8-2-10-3-9(8)13/h5-6,8-10,13H,2-4H2,1H3. The maximum atomic E-state index is 9.67. The van der Waals surface area contributed by atoms with E-state index in [9.17, 15) is 5.11 Å². The molecule has 2 unspecified atom stereocenters. The molecule has 2 N–H and O–H groups in total. The van der Waals surface area contributed by atoms with Crippen LogP contribution in [0.25, 0.3) is 0 Å². The molecule has 2 heterocycles. The van der Waals surface area contributed by atoms with Gasteiger partial charge in [-0.25, -0.2) is 4.98 Å². The van der Waals surface area contributed by atoms with Crippen LogP contribution >= 0.6 is 11.3 Å². The third kappa shape index (κ3) is 2.12. The van der Waals surface area contributed by atoms with E-state index in [0.717, 1.165) is 18.8 Å². The molecule has 1 fully saturated rings. The number of β-amino-alcohol motifs (C(OH)–C–C–N with tert-alkyl or cyclic N) is 1. The summed E-state index contributed by atoms with van der Waals surface area (Å²) in [6.07, 6.45) is -0.251. The molecule has 0 aromatic carbocycles. The Balaban J connectivity index is 1.92. The summed E-state index contributed by atoms with van der Waals surface area (Å²) in [4.78, 5) is 6.38. The summed E-state index contributed by atoms with van der Waals surface area (Å²) in [6.45, 7) is 2.38. The predicted molar refractivity (Wildman–Crippen MR) is 56.2 cm³/mol. The molecule has 1 aromatic rings. The minimum Gasteiger partial charge on any atom is -0.390 e. The van der Waals surface area contributed by atoms with Gasteiger partial charge in [0.1, 0.15) is 0 Å². The van der Waals surface area contributed by atoms with Crippen LogP contribution in [0.15, 0.2) is 10.9 Å². The van der Waals surface area contributed by atoms with E-state index in [0.29, 0.717) is 6.54 Å². The molecule has 1 aromatic heterocycles. The molecule has 0 aliphatic carbocycles. The van der Waals surface area contributed by atoms with Crippen molar-refractivity contribution >= 4 is 11.3 Å². The van der Waals surface area contributed by atoms with E-state index < -0.39 is 0 Å². The van der Waals surface area contributed by atoms with E-state index in [-0.39, 0.29) is 12.1 Å². The maximum absolute atomic E-state index is 9.67. The van der Waals surface area contributed by atoms with Crippen molar-refractivity contribution in [1.29, 1.82) is 0 Å². The van der Waals surface area contributed by atoms with Crippen LogP contribution in [0.1, 0.15) is 5.69 Å². The molecule has 78 valence electrons. The van der Waals surface area contributed by atoms with Gasteiger partial charge in [0, 0.05) is 31.1 Å². The van der Waals surface area contributed by atoms with Crippen molar-refractivity contribution in [2.75, 3.05) is 20.1 Å². The Morgan fingerprint density at radius 3 is 3.14 bits per heavy atom. The second kappa shape index (κ2) is 4.35. The van der Waals surface area contributed by atoms with Crippen molar-refractivity contribution in [3.8, 4) is 0 Å². The Morgan fingerprint density at radius 2 is 2.57 bits per heavy atom. The Hall–Kier alpha value is -0.490. The lowest BCUT2D eigenvalue weighted by Gasteiger charge is -2.25. The summed E-state index contributed by atoms with van der Waals surface area (Å²) in [5.41, 5.74) is 2.92. The third-order valence-corrected chi connectivity index (χ3v) is 3.25. The first-order valence-electron chi connectivity index (χ1n) is 4.73. The number of rotatable bonds is 3. The topological polar surface area (TPSA) is 48.4 Å². The Morgan fingerprint density at radius 1 is 1.71 bits per heavy atom. The van der Waals surface area contributed by atoms with Crippen molar-refractivity contribution in [1.82, 2.24) is 15.2 Å². The van der Waals surface area contributed by atoms with Gasteiger partial charge < -0.3 is 10.4 Å². The van der Waals surface area contributed by atoms with Crippen molar-refractivity contribution < 1.29 is 5.11 Å². The summed E-state index contributed by atoms with van der Waals surface area (Å²) in [5.74, 6) is 0. The fourth-order valence-electron chi connectivity index (χ4n) is 1.79. The number of nitrogens with one attached hydrogen (secondary N) is 1. The van der Waals surface area contributed by atoms with Crippen LogP contribution in [0.2, 0.25) is 0 Å². The fourth-order valence-corrected chi connectivity index (χ4v) is 2.34. The highest BCUT2D eigenvalue weighted by Crippen LogP contribution is 2.11. The Bertz CT molecular complexity index is 278. The van der Waals surface area contributed by atoms with Gasteiger partial charge in [0.25, 0.3) is 0 Å². The van der Waals surface area contributed by atoms with Crippen LogP contribution in [0.3, 0.4) is 0 Å². The average Bonchev–Trinajstić information content (AvgIpc) is 2.75. The van der Waals surface area contributed by atoms with Crippen LogP contribution in [0, 0.1) is 0 Å². The van der Waals surface area contributed by atoms with Crippen molar-refractivity contribution in [3.05, 3.63) is 16.6 Å². The molecular weight excluding hydrogens is 198 g/mol. The molecule has 1 aliphatic heterocycles. The molecule has 2 atom stereocenters. The molecule has 0 spiro atoms. The third-order valence-electron chi connectivity index (χ3n) is 2.61. The quantitative estimate of drug-likeness (QED) is 0.736. The minimum absolute atomic E-state index is 0.219. The molecule has 0 radical (unpaired) electrons. The van der Waals surface area contributed by atoms with Crippen molar-refractivity contribution in [2.24, 2.45) is 0 Å². The van der Waals surface area contributed by atoms with Crippen molar-refractivity contribution in [2.45, 2.75) is 18.7 Å². The number of likely N-dealkylation sites (N-methyl/N-ethyl adjacent to an activating group) is 1. The molecule has 2 rings (SSSR count). The van der Waals surface area contributed by atoms with Crippen LogP contribution in [-0.4, -0.2) is 47.3 Å². The Kier molecular flexibility index (Phi) is 3.12. The lowest BCUT2D eigenvalue weighted by Crippen LogP contribution is -2.40. The molecule has 4 nitrogen and oxygen atoms in total. The van der Waals surface area contributed by atoms with Gasteiger partial charge in [-0.1, -0.05) is 0 Å². The second-order valence-electron chi connectivity index (χ2n) is 3.69. The molecule has 14 heavy (non-hydrogen) atoms. The Labute approximate surface area is 87.6 Å². The summed E-state index contributed by atoms with van der Waals surface area (Å²) in [5, 5.41) is 14.9. The summed E-state index contributed by atoms with van der Waals surface area (Å²) in [7, 11) is 2.03. The zero-order chi connectivity index (χ0) is 9.97. The molecule has 0 saturated carbocycles. The predicted octanol–water partition coefficient (Wildman–Crippen LogP) is -0.0924. The number of aliphatic hydroxyl groups is 1. The van der Waals surface area contributed by atoms with Gasteiger partial charge in [0.2, 0.25) is 0 Å². The van der Waals surface area contributed by atoms with Gasteiger partial charge in [-0.15, -0.1) is 11.3 Å². The average molecular weight is 213 g/mol. The number of thiazole rings is 1. The van der Waals surface area contributed by atoms with E-state index >= 15 is 0 Å². The lowest BCUT2D eigenvalue weighted by molar-refractivity contribution is 0.0950. The first-order valence-corrected chi connectivity index (χ1v) is 5.68. The van der Waals surface area contributed by atoms with Gasteiger partial charge in [-0.3, -0.25) is 4.90 Å². The van der Waals surface area contributed by atoms with Gasteiger partial charge in [-0.05, 0) is 7.05 Å². The first kappa shape index (κ1) is 10.0. The van der Waals surface area contributed by atoms with E-state index in [1.807, 2.05) is 17.9 Å². The summed E-state index contributed by atoms with van der Waals surface area (Å²) < 4.78 is 0. The number of hydrogen-bond acceptors (Lipinski definition) is 5. The molecule has 5 heteroatoms. The van der Waals surface area contributed by atoms with Crippen LogP contribution in [-0.2, 0) is 6.54 Å². The van der Waals surface area contributed by atoms with Gasteiger partial charge >= 0.3 is 0 Å². The molecular formula is C9H15N3OS. The molecule has 0 bridgehead atoms. The smallest absolute Gasteiger partial charge is 0.0831 e. The van der Waals surface area contributed by atoms with E-state index in [1.165, 1.54) is 0 Å². The monoisotopic (exact) mass is 213 g/mol. The number of nitrogens with zero attached hydrogens (tertiary/aromatic N) is 2. The zero-order valence-corrected chi connectivity index (χ0v) is 9.00. The second-order valence-corrected chi connectivity index (χ2v) is 4.41. The highest BCUT2D eigenvalue weighted by Gasteiger charge is 2.28. The summed E-state index contributed by atoms with van der Waals surface area (Å²) >= 11 is 1.61. The first-order chi connectivity index (χ1) is 6.77. The van der Waals surface area contributed by atoms with Crippen molar-refractivity contribution in [3.63, 3.8) is 0 Å². The minimum atomic E-state index is -0.251.